The van der Waals surface area contributed by atoms with Crippen molar-refractivity contribution in [3.63, 3.8) is 0 Å². The fourth-order valence-electron chi connectivity index (χ4n) is 2.93. The Kier molecular flexibility index (Phi) is 6.24. The summed E-state index contributed by atoms with van der Waals surface area (Å²) in [6.45, 7) is 2.67. The Bertz CT molecular complexity index is 460. The van der Waals surface area contributed by atoms with Crippen LogP contribution in [-0.4, -0.2) is 23.7 Å². The topological polar surface area (TPSA) is 49.3 Å². The molecule has 2 rings (SSSR count). The maximum atomic E-state index is 12.0. The van der Waals surface area contributed by atoms with Gasteiger partial charge in [-0.3, -0.25) is 4.79 Å². The lowest BCUT2D eigenvalue weighted by Crippen LogP contribution is -2.37. The van der Waals surface area contributed by atoms with Crippen molar-refractivity contribution in [1.29, 1.82) is 0 Å². The van der Waals surface area contributed by atoms with E-state index in [1.54, 1.807) is 0 Å². The highest BCUT2D eigenvalue weighted by Gasteiger charge is 2.23. The zero-order valence-corrected chi connectivity index (χ0v) is 14.1. The zero-order valence-electron chi connectivity index (χ0n) is 12.5. The van der Waals surface area contributed by atoms with E-state index < -0.39 is 0 Å². The van der Waals surface area contributed by atoms with Crippen molar-refractivity contribution in [2.75, 3.05) is 6.54 Å². The van der Waals surface area contributed by atoms with Crippen molar-refractivity contribution in [3.05, 3.63) is 34.3 Å². The van der Waals surface area contributed by atoms with E-state index in [-0.39, 0.29) is 23.8 Å². The highest BCUT2D eigenvalue weighted by Crippen LogP contribution is 2.24. The first-order valence-electron chi connectivity index (χ1n) is 7.76. The summed E-state index contributed by atoms with van der Waals surface area (Å²) in [6.07, 6.45) is 4.39. The van der Waals surface area contributed by atoms with E-state index in [1.807, 2.05) is 24.3 Å². The highest BCUT2D eigenvalue weighted by atomic mass is 79.9. The molecule has 0 heterocycles. The number of benzene rings is 1. The lowest BCUT2D eigenvalue weighted by Gasteiger charge is -2.27. The number of hydrogen-bond donors (Lipinski definition) is 2. The molecular formula is C17H24BrNO2. The molecule has 0 spiro atoms. The second kappa shape index (κ2) is 7.95. The average molecular weight is 354 g/mol. The number of aliphatic hydroxyl groups is 1. The average Bonchev–Trinajstić information content (AvgIpc) is 2.47. The molecular weight excluding hydrogens is 330 g/mol. The molecule has 2 N–H and O–H groups in total. The first kappa shape index (κ1) is 16.5. The van der Waals surface area contributed by atoms with Crippen LogP contribution in [0.25, 0.3) is 0 Å². The normalized spacial score (nSPS) is 23.6. The van der Waals surface area contributed by atoms with Gasteiger partial charge in [0.25, 0.3) is 0 Å². The largest absolute Gasteiger partial charge is 0.393 e. The van der Waals surface area contributed by atoms with Crippen LogP contribution in [0.1, 0.15) is 50.5 Å². The van der Waals surface area contributed by atoms with Crippen LogP contribution in [0, 0.1) is 5.92 Å². The molecule has 0 saturated heterocycles. The monoisotopic (exact) mass is 353 g/mol. The van der Waals surface area contributed by atoms with E-state index in [4.69, 9.17) is 0 Å². The number of rotatable bonds is 5. The molecule has 3 nitrogen and oxygen atoms in total. The van der Waals surface area contributed by atoms with Gasteiger partial charge >= 0.3 is 0 Å². The van der Waals surface area contributed by atoms with Crippen LogP contribution < -0.4 is 5.32 Å². The summed E-state index contributed by atoms with van der Waals surface area (Å²) in [5, 5.41) is 12.9. The molecule has 21 heavy (non-hydrogen) atoms. The van der Waals surface area contributed by atoms with Gasteiger partial charge < -0.3 is 10.4 Å². The van der Waals surface area contributed by atoms with Gasteiger partial charge in [-0.2, -0.15) is 0 Å². The van der Waals surface area contributed by atoms with Crippen molar-refractivity contribution in [2.45, 2.75) is 51.0 Å². The Morgan fingerprint density at radius 3 is 2.67 bits per heavy atom. The van der Waals surface area contributed by atoms with E-state index in [0.717, 1.165) is 30.2 Å². The van der Waals surface area contributed by atoms with E-state index in [1.165, 1.54) is 5.56 Å². The maximum absolute atomic E-state index is 12.0. The highest BCUT2D eigenvalue weighted by molar-refractivity contribution is 9.10. The van der Waals surface area contributed by atoms with Gasteiger partial charge in [-0.25, -0.2) is 0 Å². The number of amides is 1. The Balaban J connectivity index is 1.77. The zero-order chi connectivity index (χ0) is 15.2. The van der Waals surface area contributed by atoms with Crippen LogP contribution in [0.5, 0.6) is 0 Å². The van der Waals surface area contributed by atoms with Crippen LogP contribution in [0.15, 0.2) is 28.7 Å². The molecule has 1 amide bonds. The van der Waals surface area contributed by atoms with Gasteiger partial charge in [0.1, 0.15) is 0 Å². The fourth-order valence-corrected chi connectivity index (χ4v) is 3.19. The SMILES string of the molecule is CC(CC(=O)NCC1CCCCC1O)c1ccc(Br)cc1. The van der Waals surface area contributed by atoms with Gasteiger partial charge in [0.2, 0.25) is 5.91 Å². The first-order chi connectivity index (χ1) is 10.1. The van der Waals surface area contributed by atoms with Gasteiger partial charge in [-0.05, 0) is 36.5 Å². The summed E-state index contributed by atoms with van der Waals surface area (Å²) >= 11 is 3.42. The summed E-state index contributed by atoms with van der Waals surface area (Å²) in [5.74, 6) is 0.503. The predicted octanol–water partition coefficient (Wildman–Crippen LogP) is 3.61. The lowest BCUT2D eigenvalue weighted by atomic mass is 9.86. The summed E-state index contributed by atoms with van der Waals surface area (Å²) in [6, 6.07) is 8.10. The van der Waals surface area contributed by atoms with Crippen LogP contribution in [-0.2, 0) is 4.79 Å². The van der Waals surface area contributed by atoms with Crippen molar-refractivity contribution in [1.82, 2.24) is 5.32 Å². The molecule has 0 radical (unpaired) electrons. The minimum atomic E-state index is -0.247. The second-order valence-corrected chi connectivity index (χ2v) is 6.99. The Hall–Kier alpha value is -0.870. The van der Waals surface area contributed by atoms with Crippen molar-refractivity contribution < 1.29 is 9.90 Å². The number of carbonyl (C=O) groups excluding carboxylic acids is 1. The van der Waals surface area contributed by atoms with Crippen LogP contribution in [0.3, 0.4) is 0 Å². The third-order valence-corrected chi connectivity index (χ3v) is 4.89. The molecule has 1 aliphatic rings. The van der Waals surface area contributed by atoms with Gasteiger partial charge in [0.15, 0.2) is 0 Å². The van der Waals surface area contributed by atoms with Gasteiger partial charge in [-0.1, -0.05) is 47.8 Å². The maximum Gasteiger partial charge on any atom is 0.220 e. The van der Waals surface area contributed by atoms with Gasteiger partial charge in [0.05, 0.1) is 6.10 Å². The summed E-state index contributed by atoms with van der Waals surface area (Å²) in [7, 11) is 0. The fraction of sp³-hybridized carbons (Fsp3) is 0.588. The predicted molar refractivity (Wildman–Crippen MR) is 88.1 cm³/mol. The van der Waals surface area contributed by atoms with Crippen LogP contribution in [0.4, 0.5) is 0 Å². The first-order valence-corrected chi connectivity index (χ1v) is 8.56. The van der Waals surface area contributed by atoms with Gasteiger partial charge in [-0.15, -0.1) is 0 Å². The molecule has 0 aliphatic heterocycles. The molecule has 1 fully saturated rings. The molecule has 0 aromatic heterocycles. The molecule has 1 aliphatic carbocycles. The molecule has 4 heteroatoms. The minimum absolute atomic E-state index is 0.0724. The Morgan fingerprint density at radius 1 is 1.33 bits per heavy atom. The molecule has 3 unspecified atom stereocenters. The summed E-state index contributed by atoms with van der Waals surface area (Å²) in [4.78, 5) is 12.0. The van der Waals surface area contributed by atoms with E-state index >= 15 is 0 Å². The molecule has 0 bridgehead atoms. The number of hydrogen-bond acceptors (Lipinski definition) is 2. The Labute approximate surface area is 135 Å². The van der Waals surface area contributed by atoms with E-state index in [9.17, 15) is 9.90 Å². The standard InChI is InChI=1S/C17H24BrNO2/c1-12(13-6-8-15(18)9-7-13)10-17(21)19-11-14-4-2-3-5-16(14)20/h6-9,12,14,16,20H,2-5,10-11H2,1H3,(H,19,21). The van der Waals surface area contributed by atoms with E-state index in [0.29, 0.717) is 13.0 Å². The number of nitrogens with one attached hydrogen (secondary N) is 1. The molecule has 116 valence electrons. The molecule has 3 atom stereocenters. The lowest BCUT2D eigenvalue weighted by molar-refractivity contribution is -0.121. The number of halogens is 1. The third kappa shape index (κ3) is 5.11. The van der Waals surface area contributed by atoms with Crippen molar-refractivity contribution in [2.24, 2.45) is 5.92 Å². The number of carbonyl (C=O) groups is 1. The number of aliphatic hydroxyl groups excluding tert-OH is 1. The third-order valence-electron chi connectivity index (χ3n) is 4.36. The summed E-state index contributed by atoms with van der Waals surface area (Å²) in [5.41, 5.74) is 1.17. The van der Waals surface area contributed by atoms with E-state index in [2.05, 4.69) is 28.2 Å². The molecule has 1 aromatic carbocycles. The van der Waals surface area contributed by atoms with Crippen molar-refractivity contribution in [3.8, 4) is 0 Å². The second-order valence-electron chi connectivity index (χ2n) is 6.07. The summed E-state index contributed by atoms with van der Waals surface area (Å²) < 4.78 is 1.05. The Morgan fingerprint density at radius 2 is 2.00 bits per heavy atom. The van der Waals surface area contributed by atoms with Crippen LogP contribution >= 0.6 is 15.9 Å². The molecule has 1 aromatic rings. The minimum Gasteiger partial charge on any atom is -0.393 e. The van der Waals surface area contributed by atoms with Gasteiger partial charge in [0, 0.05) is 23.4 Å². The van der Waals surface area contributed by atoms with Crippen molar-refractivity contribution >= 4 is 21.8 Å². The van der Waals surface area contributed by atoms with Crippen LogP contribution in [0.2, 0.25) is 0 Å². The quantitative estimate of drug-likeness (QED) is 0.849. The molecule has 1 saturated carbocycles. The smallest absolute Gasteiger partial charge is 0.220 e.